The molecule has 1 aliphatic carbocycles. The first-order chi connectivity index (χ1) is 12.8. The van der Waals surface area contributed by atoms with E-state index in [0.717, 1.165) is 38.2 Å². The molecule has 146 valence electrons. The minimum Gasteiger partial charge on any atom is -0.340 e. The smallest absolute Gasteiger partial charge is 0.288 e. The summed E-state index contributed by atoms with van der Waals surface area (Å²) in [6, 6.07) is 2.63. The molecule has 27 heavy (non-hydrogen) atoms. The van der Waals surface area contributed by atoms with Crippen molar-refractivity contribution in [2.24, 2.45) is 5.92 Å². The normalized spacial score (nSPS) is 15.5. The Hall–Kier alpha value is -2.68. The van der Waals surface area contributed by atoms with Crippen LogP contribution in [0.4, 0.5) is 5.69 Å². The molecule has 0 unspecified atom stereocenters. The van der Waals surface area contributed by atoms with Gasteiger partial charge in [-0.15, -0.1) is 0 Å². The quantitative estimate of drug-likeness (QED) is 0.518. The number of nitro groups is 1. The van der Waals surface area contributed by atoms with Gasteiger partial charge in [-0.05, 0) is 31.9 Å². The van der Waals surface area contributed by atoms with Crippen LogP contribution in [0.1, 0.15) is 49.4 Å². The van der Waals surface area contributed by atoms with Gasteiger partial charge in [0.25, 0.3) is 17.5 Å². The van der Waals surface area contributed by atoms with E-state index in [1.165, 1.54) is 19.1 Å². The number of nitrogens with zero attached hydrogens (tertiary/aromatic N) is 1. The number of hydrogen-bond donors (Lipinski definition) is 3. The van der Waals surface area contributed by atoms with Crippen molar-refractivity contribution in [3.63, 3.8) is 0 Å². The lowest BCUT2D eigenvalue weighted by Crippen LogP contribution is -2.52. The maximum Gasteiger partial charge on any atom is 0.288 e. The molecule has 0 heterocycles. The Kier molecular flexibility index (Phi) is 7.12. The molecule has 1 aliphatic rings. The number of benzene rings is 1. The molecule has 9 nitrogen and oxygen atoms in total. The van der Waals surface area contributed by atoms with Crippen LogP contribution in [0, 0.1) is 16.0 Å². The molecule has 3 amide bonds. The standard InChI is InChI=1S/C17H21ClN4O5/c1-10(15(23)20-21-17(25)11-5-3-2-4-6-11)19-16(24)12-7-8-13(18)14(9-12)22(26)27/h7-11H,2-6H2,1H3,(H,19,24)(H,20,23)(H,21,25)/t10-/m0/s1. The summed E-state index contributed by atoms with van der Waals surface area (Å²) in [5.74, 6) is -1.62. The fourth-order valence-electron chi connectivity index (χ4n) is 2.84. The van der Waals surface area contributed by atoms with Crippen LogP contribution in [-0.2, 0) is 9.59 Å². The minimum atomic E-state index is -0.959. The SMILES string of the molecule is C[C@H](NC(=O)c1ccc(Cl)c([N+](=O)[O-])c1)C(=O)NNC(=O)C1CCCCC1. The third-order valence-electron chi connectivity index (χ3n) is 4.43. The molecule has 10 heteroatoms. The van der Waals surface area contributed by atoms with Gasteiger partial charge in [0.15, 0.2) is 0 Å². The largest absolute Gasteiger partial charge is 0.340 e. The summed E-state index contributed by atoms with van der Waals surface area (Å²) in [5, 5.41) is 13.2. The molecule has 0 spiro atoms. The summed E-state index contributed by atoms with van der Waals surface area (Å²) in [6.07, 6.45) is 4.69. The molecule has 0 aliphatic heterocycles. The number of rotatable bonds is 5. The number of hydrazine groups is 1. The molecule has 1 saturated carbocycles. The second kappa shape index (κ2) is 9.31. The Morgan fingerprint density at radius 1 is 1.19 bits per heavy atom. The van der Waals surface area contributed by atoms with Crippen LogP contribution in [0.15, 0.2) is 18.2 Å². The molecule has 1 atom stereocenters. The summed E-state index contributed by atoms with van der Waals surface area (Å²) >= 11 is 5.71. The van der Waals surface area contributed by atoms with E-state index < -0.39 is 28.5 Å². The van der Waals surface area contributed by atoms with E-state index in [0.29, 0.717) is 0 Å². The van der Waals surface area contributed by atoms with Gasteiger partial charge in [-0.1, -0.05) is 30.9 Å². The molecule has 1 aromatic rings. The van der Waals surface area contributed by atoms with Crippen molar-refractivity contribution in [2.75, 3.05) is 0 Å². The van der Waals surface area contributed by atoms with Gasteiger partial charge in [-0.25, -0.2) is 0 Å². The molecular weight excluding hydrogens is 376 g/mol. The maximum absolute atomic E-state index is 12.2. The van der Waals surface area contributed by atoms with Gasteiger partial charge in [-0.3, -0.25) is 35.3 Å². The number of nitro benzene ring substituents is 1. The topological polar surface area (TPSA) is 130 Å². The number of halogens is 1. The first kappa shape index (κ1) is 20.6. The van der Waals surface area contributed by atoms with E-state index >= 15 is 0 Å². The molecule has 3 N–H and O–H groups in total. The second-order valence-electron chi connectivity index (χ2n) is 6.43. The number of carbonyl (C=O) groups is 3. The zero-order valence-corrected chi connectivity index (χ0v) is 15.5. The molecule has 0 bridgehead atoms. The van der Waals surface area contributed by atoms with Crippen LogP contribution in [0.5, 0.6) is 0 Å². The molecular formula is C17H21ClN4O5. The van der Waals surface area contributed by atoms with Gasteiger partial charge in [-0.2, -0.15) is 0 Å². The highest BCUT2D eigenvalue weighted by atomic mass is 35.5. The summed E-state index contributed by atoms with van der Waals surface area (Å²) in [7, 11) is 0. The molecule has 2 rings (SSSR count). The Morgan fingerprint density at radius 3 is 2.48 bits per heavy atom. The fourth-order valence-corrected chi connectivity index (χ4v) is 3.02. The molecule has 0 radical (unpaired) electrons. The lowest BCUT2D eigenvalue weighted by Gasteiger charge is -2.21. The van der Waals surface area contributed by atoms with Gasteiger partial charge in [0.1, 0.15) is 11.1 Å². The Labute approximate surface area is 161 Å². The lowest BCUT2D eigenvalue weighted by molar-refractivity contribution is -0.384. The summed E-state index contributed by atoms with van der Waals surface area (Å²) in [5.41, 5.74) is 4.27. The number of carbonyl (C=O) groups excluding carboxylic acids is 3. The number of hydrogen-bond acceptors (Lipinski definition) is 5. The van der Waals surface area contributed by atoms with Crippen molar-refractivity contribution in [3.8, 4) is 0 Å². The van der Waals surface area contributed by atoms with Gasteiger partial charge in [0, 0.05) is 17.5 Å². The second-order valence-corrected chi connectivity index (χ2v) is 6.84. The first-order valence-electron chi connectivity index (χ1n) is 8.64. The first-order valence-corrected chi connectivity index (χ1v) is 9.02. The number of nitrogens with one attached hydrogen (secondary N) is 3. The van der Waals surface area contributed by atoms with Crippen molar-refractivity contribution < 1.29 is 19.3 Å². The minimum absolute atomic E-state index is 0.00279. The van der Waals surface area contributed by atoms with E-state index in [-0.39, 0.29) is 22.4 Å². The van der Waals surface area contributed by atoms with E-state index in [1.807, 2.05) is 0 Å². The molecule has 1 fully saturated rings. The predicted molar refractivity (Wildman–Crippen MR) is 97.9 cm³/mol. The van der Waals surface area contributed by atoms with Gasteiger partial charge in [0.2, 0.25) is 5.91 Å². The van der Waals surface area contributed by atoms with E-state index in [1.54, 1.807) is 0 Å². The van der Waals surface area contributed by atoms with Crippen molar-refractivity contribution >= 4 is 35.0 Å². The van der Waals surface area contributed by atoms with Gasteiger partial charge < -0.3 is 5.32 Å². The Bertz CT molecular complexity index is 749. The van der Waals surface area contributed by atoms with Crippen molar-refractivity contribution in [3.05, 3.63) is 38.9 Å². The lowest BCUT2D eigenvalue weighted by atomic mass is 9.89. The van der Waals surface area contributed by atoms with Gasteiger partial charge >= 0.3 is 0 Å². The summed E-state index contributed by atoms with van der Waals surface area (Å²) in [4.78, 5) is 46.4. The monoisotopic (exact) mass is 396 g/mol. The van der Waals surface area contributed by atoms with Crippen LogP contribution < -0.4 is 16.2 Å². The average molecular weight is 397 g/mol. The van der Waals surface area contributed by atoms with E-state index in [9.17, 15) is 24.5 Å². The third kappa shape index (κ3) is 5.65. The van der Waals surface area contributed by atoms with Crippen molar-refractivity contribution in [1.82, 2.24) is 16.2 Å². The fraction of sp³-hybridized carbons (Fsp3) is 0.471. The van der Waals surface area contributed by atoms with Crippen LogP contribution >= 0.6 is 11.6 Å². The Morgan fingerprint density at radius 2 is 1.85 bits per heavy atom. The van der Waals surface area contributed by atoms with Crippen LogP contribution in [-0.4, -0.2) is 28.7 Å². The summed E-state index contributed by atoms with van der Waals surface area (Å²) < 4.78 is 0. The van der Waals surface area contributed by atoms with Crippen LogP contribution in [0.2, 0.25) is 5.02 Å². The van der Waals surface area contributed by atoms with E-state index in [4.69, 9.17) is 11.6 Å². The Balaban J connectivity index is 1.88. The number of amides is 3. The van der Waals surface area contributed by atoms with Crippen molar-refractivity contribution in [1.29, 1.82) is 0 Å². The van der Waals surface area contributed by atoms with E-state index in [2.05, 4.69) is 16.2 Å². The third-order valence-corrected chi connectivity index (χ3v) is 4.75. The maximum atomic E-state index is 12.2. The summed E-state index contributed by atoms with van der Waals surface area (Å²) in [6.45, 7) is 1.43. The van der Waals surface area contributed by atoms with Gasteiger partial charge in [0.05, 0.1) is 4.92 Å². The molecule has 0 aromatic heterocycles. The highest BCUT2D eigenvalue weighted by Gasteiger charge is 2.23. The molecule has 1 aromatic carbocycles. The average Bonchev–Trinajstić information content (AvgIpc) is 2.66. The predicted octanol–water partition coefficient (Wildman–Crippen LogP) is 2.09. The highest BCUT2D eigenvalue weighted by Crippen LogP contribution is 2.25. The van der Waals surface area contributed by atoms with Crippen molar-refractivity contribution in [2.45, 2.75) is 45.1 Å². The highest BCUT2D eigenvalue weighted by molar-refractivity contribution is 6.32. The van der Waals surface area contributed by atoms with Crippen LogP contribution in [0.25, 0.3) is 0 Å². The molecule has 0 saturated heterocycles. The zero-order chi connectivity index (χ0) is 20.0. The van der Waals surface area contributed by atoms with Crippen LogP contribution in [0.3, 0.4) is 0 Å². The zero-order valence-electron chi connectivity index (χ0n) is 14.8.